The van der Waals surface area contributed by atoms with Crippen LogP contribution in [0, 0.1) is 5.92 Å². The van der Waals surface area contributed by atoms with Crippen molar-refractivity contribution in [2.75, 3.05) is 25.9 Å². The molecule has 1 aromatic rings. The third kappa shape index (κ3) is 4.55. The molecule has 0 aliphatic carbocycles. The lowest BCUT2D eigenvalue weighted by Crippen LogP contribution is -2.40. The molecule has 5 nitrogen and oxygen atoms in total. The maximum atomic E-state index is 12.5. The number of nitrogens with zero attached hydrogens (tertiary/aromatic N) is 1. The number of carboxylic acids is 1. The Kier molecular flexibility index (Phi) is 5.58. The van der Waals surface area contributed by atoms with E-state index in [1.54, 1.807) is 0 Å². The summed E-state index contributed by atoms with van der Waals surface area (Å²) in [7, 11) is -1.41. The van der Waals surface area contributed by atoms with E-state index in [4.69, 9.17) is 0 Å². The first-order valence-corrected chi connectivity index (χ1v) is 9.27. The smallest absolute Gasteiger partial charge is 0.307 e. The molecule has 1 N–H and O–H groups in total. The van der Waals surface area contributed by atoms with E-state index in [0.717, 1.165) is 18.7 Å². The van der Waals surface area contributed by atoms with E-state index in [2.05, 4.69) is 4.90 Å². The molecule has 122 valence electrons. The number of likely N-dealkylation sites (tertiary alicyclic amines) is 1. The van der Waals surface area contributed by atoms with Gasteiger partial charge in [-0.05, 0) is 45.0 Å². The third-order valence-electron chi connectivity index (χ3n) is 4.28. The summed E-state index contributed by atoms with van der Waals surface area (Å²) < 4.78 is 25.0. The van der Waals surface area contributed by atoms with Crippen LogP contribution in [0.15, 0.2) is 30.3 Å². The van der Waals surface area contributed by atoms with E-state index < -0.39 is 27.0 Å². The number of carboxylic acid groups (broad SMARTS) is 1. The van der Waals surface area contributed by atoms with Crippen molar-refractivity contribution in [1.82, 2.24) is 4.90 Å². The normalized spacial score (nSPS) is 19.0. The van der Waals surface area contributed by atoms with Gasteiger partial charge in [0.2, 0.25) is 0 Å². The molecule has 1 aromatic carbocycles. The number of rotatable bonds is 6. The summed E-state index contributed by atoms with van der Waals surface area (Å²) in [6.07, 6.45) is 1.44. The van der Waals surface area contributed by atoms with Crippen molar-refractivity contribution in [3.8, 4) is 0 Å². The van der Waals surface area contributed by atoms with Crippen LogP contribution in [0.25, 0.3) is 0 Å². The first-order chi connectivity index (χ1) is 10.4. The molecule has 2 rings (SSSR count). The molecule has 22 heavy (non-hydrogen) atoms. The van der Waals surface area contributed by atoms with Crippen LogP contribution in [-0.4, -0.2) is 55.5 Å². The van der Waals surface area contributed by atoms with E-state index in [1.165, 1.54) is 0 Å². The van der Waals surface area contributed by atoms with E-state index in [-0.39, 0.29) is 12.2 Å². The minimum atomic E-state index is -3.38. The van der Waals surface area contributed by atoms with Crippen molar-refractivity contribution in [3.05, 3.63) is 35.9 Å². The van der Waals surface area contributed by atoms with Crippen LogP contribution in [-0.2, 0) is 21.1 Å². The molecule has 1 fully saturated rings. The van der Waals surface area contributed by atoms with Crippen LogP contribution in [0.4, 0.5) is 0 Å². The molecule has 0 saturated carbocycles. The number of aliphatic carboxylic acids is 1. The standard InChI is InChI=1S/C16H23NO4S/c1-17-9-7-15(8-10-17)22(20,21)12-14(16(18)19)11-13-5-3-2-4-6-13/h2-6,14-15H,7-12H2,1H3,(H,18,19). The Morgan fingerprint density at radius 1 is 1.27 bits per heavy atom. The van der Waals surface area contributed by atoms with Gasteiger partial charge in [-0.2, -0.15) is 0 Å². The molecule has 1 aliphatic heterocycles. The molecule has 0 aromatic heterocycles. The topological polar surface area (TPSA) is 74.7 Å². The largest absolute Gasteiger partial charge is 0.481 e. The van der Waals surface area contributed by atoms with Gasteiger partial charge in [-0.25, -0.2) is 8.42 Å². The zero-order valence-electron chi connectivity index (χ0n) is 12.8. The molecule has 1 aliphatic rings. The predicted octanol–water partition coefficient (Wildman–Crippen LogP) is 1.44. The van der Waals surface area contributed by atoms with Gasteiger partial charge in [0, 0.05) is 0 Å². The van der Waals surface area contributed by atoms with Crippen molar-refractivity contribution >= 4 is 15.8 Å². The minimum absolute atomic E-state index is 0.252. The van der Waals surface area contributed by atoms with Crippen molar-refractivity contribution in [3.63, 3.8) is 0 Å². The van der Waals surface area contributed by atoms with Crippen molar-refractivity contribution in [2.45, 2.75) is 24.5 Å². The lowest BCUT2D eigenvalue weighted by molar-refractivity contribution is -0.140. The molecule has 1 heterocycles. The Bertz CT molecular complexity index is 592. The molecule has 0 spiro atoms. The van der Waals surface area contributed by atoms with Crippen LogP contribution >= 0.6 is 0 Å². The van der Waals surface area contributed by atoms with Gasteiger partial charge >= 0.3 is 5.97 Å². The van der Waals surface area contributed by atoms with E-state index in [1.807, 2.05) is 37.4 Å². The van der Waals surface area contributed by atoms with Crippen LogP contribution < -0.4 is 0 Å². The van der Waals surface area contributed by atoms with Gasteiger partial charge in [0.25, 0.3) is 0 Å². The van der Waals surface area contributed by atoms with Crippen molar-refractivity contribution < 1.29 is 18.3 Å². The number of hydrogen-bond acceptors (Lipinski definition) is 4. The number of piperidine rings is 1. The van der Waals surface area contributed by atoms with Crippen LogP contribution in [0.3, 0.4) is 0 Å². The van der Waals surface area contributed by atoms with Crippen LogP contribution in [0.1, 0.15) is 18.4 Å². The Morgan fingerprint density at radius 2 is 1.86 bits per heavy atom. The molecule has 1 unspecified atom stereocenters. The summed E-state index contributed by atoms with van der Waals surface area (Å²) in [5.41, 5.74) is 0.855. The molecule has 0 bridgehead atoms. The molecule has 0 amide bonds. The van der Waals surface area contributed by atoms with Gasteiger partial charge in [0.05, 0.1) is 16.9 Å². The van der Waals surface area contributed by atoms with Gasteiger partial charge in [-0.15, -0.1) is 0 Å². The van der Waals surface area contributed by atoms with Crippen LogP contribution in [0.2, 0.25) is 0 Å². The summed E-state index contributed by atoms with van der Waals surface area (Å²) in [5.74, 6) is -2.20. The quantitative estimate of drug-likeness (QED) is 0.856. The number of sulfone groups is 1. The minimum Gasteiger partial charge on any atom is -0.481 e. The summed E-state index contributed by atoms with van der Waals surface area (Å²) in [5, 5.41) is 8.96. The maximum Gasteiger partial charge on any atom is 0.307 e. The highest BCUT2D eigenvalue weighted by Crippen LogP contribution is 2.21. The number of hydrogen-bond donors (Lipinski definition) is 1. The number of benzene rings is 1. The Labute approximate surface area is 131 Å². The highest BCUT2D eigenvalue weighted by Gasteiger charge is 2.33. The Balaban J connectivity index is 2.05. The first kappa shape index (κ1) is 17.0. The second-order valence-corrected chi connectivity index (χ2v) is 8.38. The zero-order valence-corrected chi connectivity index (χ0v) is 13.6. The zero-order chi connectivity index (χ0) is 16.2. The molecule has 1 atom stereocenters. The van der Waals surface area contributed by atoms with Gasteiger partial charge in [-0.3, -0.25) is 4.79 Å². The highest BCUT2D eigenvalue weighted by atomic mass is 32.2. The van der Waals surface area contributed by atoms with E-state index in [9.17, 15) is 18.3 Å². The second-order valence-electron chi connectivity index (χ2n) is 6.06. The van der Waals surface area contributed by atoms with Crippen LogP contribution in [0.5, 0.6) is 0 Å². The molecule has 6 heteroatoms. The molecule has 1 saturated heterocycles. The fraction of sp³-hybridized carbons (Fsp3) is 0.562. The molecular formula is C16H23NO4S. The summed E-state index contributed by atoms with van der Waals surface area (Å²) in [4.78, 5) is 13.5. The number of carbonyl (C=O) groups is 1. The predicted molar refractivity (Wildman–Crippen MR) is 85.6 cm³/mol. The summed E-state index contributed by atoms with van der Waals surface area (Å²) in [6.45, 7) is 1.50. The monoisotopic (exact) mass is 325 g/mol. The fourth-order valence-corrected chi connectivity index (χ4v) is 4.90. The lowest BCUT2D eigenvalue weighted by Gasteiger charge is -2.29. The summed E-state index contributed by atoms with van der Waals surface area (Å²) >= 11 is 0. The van der Waals surface area contributed by atoms with Gasteiger partial charge < -0.3 is 10.0 Å². The fourth-order valence-electron chi connectivity index (χ4n) is 2.88. The molecule has 0 radical (unpaired) electrons. The van der Waals surface area contributed by atoms with E-state index in [0.29, 0.717) is 12.8 Å². The Hall–Kier alpha value is -1.40. The van der Waals surface area contributed by atoms with Crippen molar-refractivity contribution in [1.29, 1.82) is 0 Å². The molecular weight excluding hydrogens is 302 g/mol. The Morgan fingerprint density at radius 3 is 2.41 bits per heavy atom. The SMILES string of the molecule is CN1CCC(S(=O)(=O)CC(Cc2ccccc2)C(=O)O)CC1. The van der Waals surface area contributed by atoms with Gasteiger partial charge in [0.1, 0.15) is 0 Å². The third-order valence-corrected chi connectivity index (χ3v) is 6.64. The second kappa shape index (κ2) is 7.24. The average molecular weight is 325 g/mol. The van der Waals surface area contributed by atoms with Crippen molar-refractivity contribution in [2.24, 2.45) is 5.92 Å². The average Bonchev–Trinajstić information content (AvgIpc) is 2.48. The summed E-state index contributed by atoms with van der Waals surface area (Å²) in [6, 6.07) is 9.18. The van der Waals surface area contributed by atoms with Gasteiger partial charge in [0.15, 0.2) is 9.84 Å². The first-order valence-electron chi connectivity index (χ1n) is 7.55. The van der Waals surface area contributed by atoms with Gasteiger partial charge in [-0.1, -0.05) is 30.3 Å². The van der Waals surface area contributed by atoms with E-state index >= 15 is 0 Å². The maximum absolute atomic E-state index is 12.5. The highest BCUT2D eigenvalue weighted by molar-refractivity contribution is 7.92. The lowest BCUT2D eigenvalue weighted by atomic mass is 10.0.